The fraction of sp³-hybridized carbons (Fsp3) is 0.462. The average molecular weight is 343 g/mol. The molecule has 21 heavy (non-hydrogen) atoms. The summed E-state index contributed by atoms with van der Waals surface area (Å²) in [6, 6.07) is 0.561. The first-order valence-corrected chi connectivity index (χ1v) is 9.99. The summed E-state index contributed by atoms with van der Waals surface area (Å²) in [4.78, 5) is 5.40. The van der Waals surface area contributed by atoms with Crippen molar-refractivity contribution in [2.24, 2.45) is 0 Å². The molecular formula is C13H17N3O2S3. The van der Waals surface area contributed by atoms with E-state index in [0.29, 0.717) is 17.5 Å². The third-order valence-electron chi connectivity index (χ3n) is 3.28. The number of sulfonamides is 1. The first-order valence-electron chi connectivity index (χ1n) is 6.74. The largest absolute Gasteiger partial charge is 0.309 e. The molecule has 2 aromatic heterocycles. The van der Waals surface area contributed by atoms with Crippen molar-refractivity contribution >= 4 is 32.7 Å². The van der Waals surface area contributed by atoms with Gasteiger partial charge >= 0.3 is 0 Å². The normalized spacial score (nSPS) is 15.5. The van der Waals surface area contributed by atoms with Crippen molar-refractivity contribution in [3.05, 3.63) is 32.4 Å². The minimum atomic E-state index is -3.49. The highest BCUT2D eigenvalue weighted by Crippen LogP contribution is 2.28. The quantitative estimate of drug-likeness (QED) is 0.809. The van der Waals surface area contributed by atoms with Gasteiger partial charge in [0.25, 0.3) is 0 Å². The second-order valence-corrected chi connectivity index (χ2v) is 8.72. The van der Waals surface area contributed by atoms with Crippen LogP contribution in [0.3, 0.4) is 0 Å². The highest BCUT2D eigenvalue weighted by Gasteiger charge is 2.25. The van der Waals surface area contributed by atoms with Gasteiger partial charge in [0.2, 0.25) is 10.0 Å². The maximum atomic E-state index is 12.5. The van der Waals surface area contributed by atoms with Crippen LogP contribution in [-0.4, -0.2) is 19.4 Å². The third kappa shape index (κ3) is 3.70. The molecule has 0 unspecified atom stereocenters. The molecule has 5 nitrogen and oxygen atoms in total. The monoisotopic (exact) mass is 343 g/mol. The number of hydrogen-bond donors (Lipinski definition) is 2. The van der Waals surface area contributed by atoms with Gasteiger partial charge in [0.05, 0.1) is 6.54 Å². The maximum absolute atomic E-state index is 12.5. The van der Waals surface area contributed by atoms with Gasteiger partial charge in [-0.25, -0.2) is 18.1 Å². The molecule has 0 aliphatic heterocycles. The standard InChI is InChI=1S/C13H17N3O2S3/c1-9-8-20-11(6-15-10-2-3-10)13(9)21(17,18)16-7-12-14-4-5-19-12/h4-5,8,10,15-16H,2-3,6-7H2,1H3. The van der Waals surface area contributed by atoms with E-state index in [1.165, 1.54) is 35.5 Å². The smallest absolute Gasteiger partial charge is 0.242 e. The summed E-state index contributed by atoms with van der Waals surface area (Å²) in [6.07, 6.45) is 4.05. The van der Waals surface area contributed by atoms with E-state index in [1.807, 2.05) is 17.7 Å². The number of hydrogen-bond acceptors (Lipinski definition) is 6. The van der Waals surface area contributed by atoms with E-state index in [0.717, 1.165) is 15.4 Å². The maximum Gasteiger partial charge on any atom is 0.242 e. The van der Waals surface area contributed by atoms with E-state index >= 15 is 0 Å². The predicted molar refractivity (Wildman–Crippen MR) is 85.1 cm³/mol. The van der Waals surface area contributed by atoms with E-state index in [9.17, 15) is 8.42 Å². The number of rotatable bonds is 7. The van der Waals surface area contributed by atoms with Crippen molar-refractivity contribution < 1.29 is 8.42 Å². The molecule has 1 aliphatic carbocycles. The zero-order valence-corrected chi connectivity index (χ0v) is 14.1. The first-order chi connectivity index (χ1) is 10.1. The predicted octanol–water partition coefficient (Wildman–Crippen LogP) is 2.24. The number of nitrogens with one attached hydrogen (secondary N) is 2. The zero-order valence-electron chi connectivity index (χ0n) is 11.6. The van der Waals surface area contributed by atoms with E-state index in [2.05, 4.69) is 15.0 Å². The fourth-order valence-corrected chi connectivity index (χ4v) is 5.46. The van der Waals surface area contributed by atoms with Crippen LogP contribution >= 0.6 is 22.7 Å². The molecule has 1 fully saturated rings. The number of thiazole rings is 1. The van der Waals surface area contributed by atoms with Gasteiger partial charge in [0, 0.05) is 29.0 Å². The lowest BCUT2D eigenvalue weighted by molar-refractivity contribution is 0.578. The minimum Gasteiger partial charge on any atom is -0.309 e. The Kier molecular flexibility index (Phi) is 4.41. The molecule has 0 aromatic carbocycles. The molecular weight excluding hydrogens is 326 g/mol. The molecule has 0 spiro atoms. The lowest BCUT2D eigenvalue weighted by atomic mass is 10.3. The molecule has 0 radical (unpaired) electrons. The SMILES string of the molecule is Cc1csc(CNC2CC2)c1S(=O)(=O)NCc1nccs1. The van der Waals surface area contributed by atoms with Gasteiger partial charge in [-0.3, -0.25) is 0 Å². The Morgan fingerprint density at radius 3 is 2.81 bits per heavy atom. The van der Waals surface area contributed by atoms with E-state index in [4.69, 9.17) is 0 Å². The summed E-state index contributed by atoms with van der Waals surface area (Å²) < 4.78 is 27.7. The molecule has 1 saturated carbocycles. The molecule has 0 bridgehead atoms. The number of nitrogens with zero attached hydrogens (tertiary/aromatic N) is 1. The fourth-order valence-electron chi connectivity index (χ4n) is 2.06. The Balaban J connectivity index is 1.75. The molecule has 0 amide bonds. The van der Waals surface area contributed by atoms with Crippen molar-refractivity contribution in [1.29, 1.82) is 0 Å². The van der Waals surface area contributed by atoms with Gasteiger partial charge in [-0.05, 0) is 30.7 Å². The van der Waals surface area contributed by atoms with Crippen LogP contribution in [0.5, 0.6) is 0 Å². The molecule has 3 rings (SSSR count). The molecule has 114 valence electrons. The molecule has 1 aliphatic rings. The van der Waals surface area contributed by atoms with E-state index in [1.54, 1.807) is 6.20 Å². The van der Waals surface area contributed by atoms with Gasteiger partial charge < -0.3 is 5.32 Å². The Hall–Kier alpha value is -0.800. The van der Waals surface area contributed by atoms with Gasteiger partial charge in [-0.1, -0.05) is 0 Å². The van der Waals surface area contributed by atoms with Gasteiger partial charge in [-0.15, -0.1) is 22.7 Å². The number of aromatic nitrogens is 1. The topological polar surface area (TPSA) is 71.1 Å². The van der Waals surface area contributed by atoms with Gasteiger partial charge in [-0.2, -0.15) is 0 Å². The summed E-state index contributed by atoms with van der Waals surface area (Å²) >= 11 is 2.95. The lowest BCUT2D eigenvalue weighted by Gasteiger charge is -2.09. The highest BCUT2D eigenvalue weighted by atomic mass is 32.2. The Labute approximate surface area is 132 Å². The first kappa shape index (κ1) is 15.1. The van der Waals surface area contributed by atoms with Crippen LogP contribution in [0.15, 0.2) is 21.9 Å². The summed E-state index contributed by atoms with van der Waals surface area (Å²) in [5.41, 5.74) is 0.805. The van der Waals surface area contributed by atoms with Crippen LogP contribution in [0.4, 0.5) is 0 Å². The Morgan fingerprint density at radius 2 is 2.14 bits per heavy atom. The molecule has 2 heterocycles. The minimum absolute atomic E-state index is 0.241. The van der Waals surface area contributed by atoms with Crippen molar-refractivity contribution in [3.8, 4) is 0 Å². The number of aryl methyl sites for hydroxylation is 1. The average Bonchev–Trinajstić information content (AvgIpc) is 2.97. The third-order valence-corrected chi connectivity index (χ3v) is 6.93. The van der Waals surface area contributed by atoms with Crippen LogP contribution < -0.4 is 10.0 Å². The van der Waals surface area contributed by atoms with Gasteiger partial charge in [0.15, 0.2) is 0 Å². The van der Waals surface area contributed by atoms with E-state index in [-0.39, 0.29) is 6.54 Å². The summed E-state index contributed by atoms with van der Waals surface area (Å²) in [6.45, 7) is 2.70. The highest BCUT2D eigenvalue weighted by molar-refractivity contribution is 7.89. The van der Waals surface area contributed by atoms with E-state index < -0.39 is 10.0 Å². The molecule has 2 N–H and O–H groups in total. The number of thiophene rings is 1. The zero-order chi connectivity index (χ0) is 14.9. The van der Waals surface area contributed by atoms with Crippen LogP contribution in [0.25, 0.3) is 0 Å². The summed E-state index contributed by atoms with van der Waals surface area (Å²) in [7, 11) is -3.49. The molecule has 8 heteroatoms. The van der Waals surface area contributed by atoms with Gasteiger partial charge in [0.1, 0.15) is 9.90 Å². The van der Waals surface area contributed by atoms with Crippen molar-refractivity contribution in [1.82, 2.24) is 15.0 Å². The summed E-state index contributed by atoms with van der Waals surface area (Å²) in [5, 5.41) is 7.89. The Bertz CT molecular complexity index is 703. The van der Waals surface area contributed by atoms with Crippen LogP contribution in [0, 0.1) is 6.92 Å². The second-order valence-electron chi connectivity index (χ2n) is 5.08. The van der Waals surface area contributed by atoms with Crippen LogP contribution in [0.1, 0.15) is 28.3 Å². The molecule has 0 saturated heterocycles. The molecule has 0 atom stereocenters. The van der Waals surface area contributed by atoms with Crippen molar-refractivity contribution in [2.45, 2.75) is 43.8 Å². The van der Waals surface area contributed by atoms with Crippen molar-refractivity contribution in [3.63, 3.8) is 0 Å². The van der Waals surface area contributed by atoms with Crippen LogP contribution in [0.2, 0.25) is 0 Å². The second kappa shape index (κ2) is 6.13. The molecule has 2 aromatic rings. The van der Waals surface area contributed by atoms with Crippen LogP contribution in [-0.2, 0) is 23.1 Å². The lowest BCUT2D eigenvalue weighted by Crippen LogP contribution is -2.25. The van der Waals surface area contributed by atoms with Crippen molar-refractivity contribution in [2.75, 3.05) is 0 Å². The Morgan fingerprint density at radius 1 is 1.33 bits per heavy atom. The summed E-state index contributed by atoms with van der Waals surface area (Å²) in [5.74, 6) is 0.